The quantitative estimate of drug-likeness (QED) is 0.429. The molecule has 2 aromatic carbocycles. The minimum Gasteiger partial charge on any atom is -0.261 e. The van der Waals surface area contributed by atoms with Crippen LogP contribution >= 0.6 is 11.6 Å². The zero-order valence-corrected chi connectivity index (χ0v) is 13.5. The Kier molecular flexibility index (Phi) is 4.39. The summed E-state index contributed by atoms with van der Waals surface area (Å²) in [6.45, 7) is 1.98. The monoisotopic (exact) mass is 340 g/mol. The molecule has 7 heteroatoms. The molecule has 3 rings (SSSR count). The number of hydrogen-bond donors (Lipinski definition) is 1. The summed E-state index contributed by atoms with van der Waals surface area (Å²) in [4.78, 5) is 14.6. The number of fused-ring (bicyclic) bond motifs is 1. The van der Waals surface area contributed by atoms with E-state index in [9.17, 15) is 10.1 Å². The van der Waals surface area contributed by atoms with E-state index < -0.39 is 4.92 Å². The van der Waals surface area contributed by atoms with Crippen LogP contribution in [0.15, 0.2) is 53.6 Å². The van der Waals surface area contributed by atoms with Gasteiger partial charge in [0.25, 0.3) is 5.69 Å². The molecular formula is C17H13ClN4O2. The lowest BCUT2D eigenvalue weighted by atomic mass is 10.1. The van der Waals surface area contributed by atoms with Crippen molar-refractivity contribution < 1.29 is 4.92 Å². The number of non-ortho nitro benzene ring substituents is 1. The fourth-order valence-electron chi connectivity index (χ4n) is 2.28. The number of nitrogens with zero attached hydrogens (tertiary/aromatic N) is 3. The van der Waals surface area contributed by atoms with Crippen LogP contribution in [0.3, 0.4) is 0 Å². The van der Waals surface area contributed by atoms with Crippen LogP contribution in [0.1, 0.15) is 11.1 Å². The first-order chi connectivity index (χ1) is 11.5. The Labute approximate surface area is 142 Å². The lowest BCUT2D eigenvalue weighted by molar-refractivity contribution is -0.384. The van der Waals surface area contributed by atoms with Gasteiger partial charge < -0.3 is 0 Å². The van der Waals surface area contributed by atoms with Gasteiger partial charge in [-0.3, -0.25) is 15.5 Å². The highest BCUT2D eigenvalue weighted by Gasteiger charge is 2.04. The van der Waals surface area contributed by atoms with E-state index in [1.54, 1.807) is 24.4 Å². The number of anilines is 1. The third kappa shape index (κ3) is 3.49. The maximum absolute atomic E-state index is 10.6. The number of hydrogen-bond acceptors (Lipinski definition) is 5. The molecule has 1 N–H and O–H groups in total. The first-order valence-electron chi connectivity index (χ1n) is 7.13. The van der Waals surface area contributed by atoms with Gasteiger partial charge in [0.2, 0.25) is 0 Å². The molecule has 24 heavy (non-hydrogen) atoms. The lowest BCUT2D eigenvalue weighted by Crippen LogP contribution is -1.95. The Morgan fingerprint density at radius 3 is 2.67 bits per heavy atom. The number of aryl methyl sites for hydroxylation is 1. The molecule has 1 heterocycles. The van der Waals surface area contributed by atoms with E-state index in [0.717, 1.165) is 22.0 Å². The van der Waals surface area contributed by atoms with Crippen LogP contribution in [0.25, 0.3) is 10.9 Å². The predicted molar refractivity (Wildman–Crippen MR) is 95.8 cm³/mol. The summed E-state index contributed by atoms with van der Waals surface area (Å²) in [6, 6.07) is 13.5. The van der Waals surface area contributed by atoms with Gasteiger partial charge in [0.05, 0.1) is 16.7 Å². The molecule has 3 aromatic rings. The van der Waals surface area contributed by atoms with E-state index in [-0.39, 0.29) is 5.69 Å². The summed E-state index contributed by atoms with van der Waals surface area (Å²) in [5.41, 5.74) is 5.53. The van der Waals surface area contributed by atoms with Gasteiger partial charge in [0.15, 0.2) is 0 Å². The van der Waals surface area contributed by atoms with Crippen molar-refractivity contribution in [1.82, 2.24) is 4.98 Å². The topological polar surface area (TPSA) is 80.4 Å². The molecule has 0 unspecified atom stereocenters. The molecule has 0 atom stereocenters. The van der Waals surface area contributed by atoms with Crippen LogP contribution in [0.5, 0.6) is 0 Å². The summed E-state index contributed by atoms with van der Waals surface area (Å²) in [5, 5.41) is 16.4. The van der Waals surface area contributed by atoms with E-state index in [0.29, 0.717) is 10.8 Å². The second-order valence-electron chi connectivity index (χ2n) is 5.20. The Balaban J connectivity index is 1.77. The molecule has 0 radical (unpaired) electrons. The summed E-state index contributed by atoms with van der Waals surface area (Å²) in [5.74, 6) is 0.612. The summed E-state index contributed by atoms with van der Waals surface area (Å²) >= 11 is 6.00. The van der Waals surface area contributed by atoms with E-state index in [1.165, 1.54) is 12.1 Å². The molecule has 1 aromatic heterocycles. The van der Waals surface area contributed by atoms with Crippen molar-refractivity contribution in [3.63, 3.8) is 0 Å². The van der Waals surface area contributed by atoms with Crippen LogP contribution in [-0.4, -0.2) is 16.1 Å². The average molecular weight is 341 g/mol. The molecule has 120 valence electrons. The van der Waals surface area contributed by atoms with Crippen molar-refractivity contribution in [2.24, 2.45) is 5.10 Å². The van der Waals surface area contributed by atoms with Crippen LogP contribution < -0.4 is 5.43 Å². The van der Waals surface area contributed by atoms with Gasteiger partial charge in [-0.1, -0.05) is 11.6 Å². The largest absolute Gasteiger partial charge is 0.269 e. The van der Waals surface area contributed by atoms with Gasteiger partial charge in [0.1, 0.15) is 5.82 Å². The number of nitrogens with one attached hydrogen (secondary N) is 1. The Hall–Kier alpha value is -2.99. The molecule has 0 saturated heterocycles. The van der Waals surface area contributed by atoms with Gasteiger partial charge in [-0.25, -0.2) is 4.98 Å². The number of nitro benzene ring substituents is 1. The van der Waals surface area contributed by atoms with Crippen molar-refractivity contribution >= 4 is 40.2 Å². The summed E-state index contributed by atoms with van der Waals surface area (Å²) < 4.78 is 0. The second-order valence-corrected chi connectivity index (χ2v) is 5.64. The number of benzene rings is 2. The van der Waals surface area contributed by atoms with Crippen LogP contribution in [0, 0.1) is 17.0 Å². The fourth-order valence-corrected chi connectivity index (χ4v) is 2.45. The van der Waals surface area contributed by atoms with Gasteiger partial charge in [-0.15, -0.1) is 0 Å². The molecule has 0 aliphatic carbocycles. The van der Waals surface area contributed by atoms with Crippen molar-refractivity contribution in [3.8, 4) is 0 Å². The van der Waals surface area contributed by atoms with Gasteiger partial charge in [-0.2, -0.15) is 5.10 Å². The van der Waals surface area contributed by atoms with Crippen molar-refractivity contribution in [1.29, 1.82) is 0 Å². The minimum atomic E-state index is -0.437. The molecule has 0 saturated carbocycles. The average Bonchev–Trinajstić information content (AvgIpc) is 2.56. The fraction of sp³-hybridized carbons (Fsp3) is 0.0588. The number of halogens is 1. The molecule has 0 bridgehead atoms. The third-order valence-corrected chi connectivity index (χ3v) is 3.71. The van der Waals surface area contributed by atoms with Crippen LogP contribution in [-0.2, 0) is 0 Å². The second kappa shape index (κ2) is 6.64. The van der Waals surface area contributed by atoms with Gasteiger partial charge >= 0.3 is 0 Å². The lowest BCUT2D eigenvalue weighted by Gasteiger charge is -2.06. The summed E-state index contributed by atoms with van der Waals surface area (Å²) in [7, 11) is 0. The number of aromatic nitrogens is 1. The van der Waals surface area contributed by atoms with Crippen LogP contribution in [0.2, 0.25) is 5.02 Å². The number of rotatable bonds is 4. The van der Waals surface area contributed by atoms with E-state index in [4.69, 9.17) is 11.6 Å². The SMILES string of the molecule is Cc1cc(N/N=C/c2ccc([N+](=O)[O-])cc2)nc2ccc(Cl)cc12. The first kappa shape index (κ1) is 15.9. The zero-order valence-electron chi connectivity index (χ0n) is 12.7. The highest BCUT2D eigenvalue weighted by atomic mass is 35.5. The normalized spacial score (nSPS) is 11.1. The van der Waals surface area contributed by atoms with E-state index in [1.807, 2.05) is 25.1 Å². The maximum atomic E-state index is 10.6. The highest BCUT2D eigenvalue weighted by molar-refractivity contribution is 6.31. The van der Waals surface area contributed by atoms with Crippen LogP contribution in [0.4, 0.5) is 11.5 Å². The molecule has 0 aliphatic heterocycles. The third-order valence-electron chi connectivity index (χ3n) is 3.47. The molecular weight excluding hydrogens is 328 g/mol. The van der Waals surface area contributed by atoms with Crippen molar-refractivity contribution in [2.45, 2.75) is 6.92 Å². The maximum Gasteiger partial charge on any atom is 0.269 e. The van der Waals surface area contributed by atoms with Gasteiger partial charge in [0, 0.05) is 22.5 Å². The predicted octanol–water partition coefficient (Wildman–Crippen LogP) is 4.55. The van der Waals surface area contributed by atoms with Crippen molar-refractivity contribution in [2.75, 3.05) is 5.43 Å². The molecule has 0 spiro atoms. The number of nitro groups is 1. The molecule has 0 amide bonds. The highest BCUT2D eigenvalue weighted by Crippen LogP contribution is 2.23. The van der Waals surface area contributed by atoms with Gasteiger partial charge in [-0.05, 0) is 54.4 Å². The Morgan fingerprint density at radius 2 is 1.96 bits per heavy atom. The first-order valence-corrected chi connectivity index (χ1v) is 7.51. The minimum absolute atomic E-state index is 0.0468. The number of hydrazone groups is 1. The molecule has 0 aliphatic rings. The smallest absolute Gasteiger partial charge is 0.261 e. The summed E-state index contributed by atoms with van der Waals surface area (Å²) in [6.07, 6.45) is 1.58. The van der Waals surface area contributed by atoms with E-state index >= 15 is 0 Å². The molecule has 6 nitrogen and oxygen atoms in total. The van der Waals surface area contributed by atoms with E-state index in [2.05, 4.69) is 15.5 Å². The standard InChI is InChI=1S/C17H13ClN4O2/c1-11-8-17(20-16-7-4-13(18)9-15(11)16)21-19-10-12-2-5-14(6-3-12)22(23)24/h2-10H,1H3,(H,20,21)/b19-10+. The van der Waals surface area contributed by atoms with Crippen molar-refractivity contribution in [3.05, 3.63) is 74.8 Å². The molecule has 0 fully saturated rings. The zero-order chi connectivity index (χ0) is 17.1. The number of pyridine rings is 1. The Bertz CT molecular complexity index is 939. The Morgan fingerprint density at radius 1 is 1.21 bits per heavy atom.